The van der Waals surface area contributed by atoms with Crippen molar-refractivity contribution in [3.63, 3.8) is 0 Å². The Bertz CT molecular complexity index is 1660. The van der Waals surface area contributed by atoms with Crippen molar-refractivity contribution in [3.8, 4) is 11.4 Å². The van der Waals surface area contributed by atoms with Gasteiger partial charge in [0.05, 0.1) is 36.2 Å². The highest BCUT2D eigenvalue weighted by molar-refractivity contribution is 5.95. The van der Waals surface area contributed by atoms with Crippen LogP contribution in [0, 0.1) is 13.8 Å². The minimum Gasteiger partial charge on any atom is -0.465 e. The summed E-state index contributed by atoms with van der Waals surface area (Å²) in [5.74, 6) is -1.84. The lowest BCUT2D eigenvalue weighted by atomic mass is 9.83. The second-order valence-corrected chi connectivity index (χ2v) is 10.7. The van der Waals surface area contributed by atoms with Gasteiger partial charge >= 0.3 is 18.5 Å². The molecule has 0 saturated heterocycles. The van der Waals surface area contributed by atoms with Crippen LogP contribution in [0.25, 0.3) is 5.69 Å². The van der Waals surface area contributed by atoms with E-state index < -0.39 is 41.8 Å². The first-order valence-corrected chi connectivity index (χ1v) is 14.2. The SMILES string of the molecule is CCCC(c1ccc(C(=O)OC)cc1)C(NC(=O)c1cc(C)c(-n2cc(C(F)(F)F)cn2)c(C)c1)c1ccc(OC(F)(F)F)cc1. The number of rotatable bonds is 10. The van der Waals surface area contributed by atoms with Gasteiger partial charge in [-0.15, -0.1) is 13.2 Å². The number of hydrogen-bond donors (Lipinski definition) is 1. The molecule has 0 bridgehead atoms. The summed E-state index contributed by atoms with van der Waals surface area (Å²) in [5.41, 5.74) is 2.27. The van der Waals surface area contributed by atoms with Crippen LogP contribution in [-0.2, 0) is 10.9 Å². The largest absolute Gasteiger partial charge is 0.573 e. The average molecular weight is 648 g/mol. The van der Waals surface area contributed by atoms with Crippen LogP contribution >= 0.6 is 0 Å². The minimum absolute atomic E-state index is 0.222. The molecule has 0 spiro atoms. The Morgan fingerprint density at radius 3 is 1.98 bits per heavy atom. The zero-order valence-corrected chi connectivity index (χ0v) is 25.3. The van der Waals surface area contributed by atoms with Gasteiger partial charge in [-0.05, 0) is 78.9 Å². The molecule has 0 radical (unpaired) electrons. The van der Waals surface area contributed by atoms with E-state index >= 15 is 0 Å². The van der Waals surface area contributed by atoms with Gasteiger partial charge in [-0.25, -0.2) is 9.48 Å². The maximum Gasteiger partial charge on any atom is 0.573 e. The number of ether oxygens (including phenoxy) is 2. The molecule has 1 N–H and O–H groups in total. The molecule has 7 nitrogen and oxygen atoms in total. The molecule has 1 heterocycles. The summed E-state index contributed by atoms with van der Waals surface area (Å²) in [6.45, 7) is 5.24. The van der Waals surface area contributed by atoms with E-state index in [4.69, 9.17) is 4.74 Å². The molecule has 0 fully saturated rings. The Hall–Kier alpha value is -4.81. The summed E-state index contributed by atoms with van der Waals surface area (Å²) in [6.07, 6.45) is -6.62. The number of hydrogen-bond acceptors (Lipinski definition) is 5. The number of carbonyl (C=O) groups is 2. The number of nitrogens with one attached hydrogen (secondary N) is 1. The minimum atomic E-state index is -4.88. The molecule has 0 aliphatic heterocycles. The number of carbonyl (C=O) groups excluding carboxylic acids is 2. The summed E-state index contributed by atoms with van der Waals surface area (Å²) in [7, 11) is 1.26. The quantitative estimate of drug-likeness (QED) is 0.139. The second kappa shape index (κ2) is 13.7. The van der Waals surface area contributed by atoms with Gasteiger partial charge in [0.25, 0.3) is 5.91 Å². The molecule has 2 atom stereocenters. The second-order valence-electron chi connectivity index (χ2n) is 10.7. The molecule has 1 amide bonds. The van der Waals surface area contributed by atoms with Gasteiger partial charge in [-0.3, -0.25) is 4.79 Å². The van der Waals surface area contributed by atoms with E-state index in [1.165, 1.54) is 31.4 Å². The molecule has 244 valence electrons. The molecular weight excluding hydrogens is 616 g/mol. The molecule has 3 aromatic carbocycles. The lowest BCUT2D eigenvalue weighted by Gasteiger charge is -2.29. The number of alkyl halides is 6. The van der Waals surface area contributed by atoms with Crippen LogP contribution in [0.2, 0.25) is 0 Å². The molecule has 1 aromatic heterocycles. The van der Waals surface area contributed by atoms with Gasteiger partial charge < -0.3 is 14.8 Å². The Morgan fingerprint density at radius 2 is 1.48 bits per heavy atom. The zero-order valence-electron chi connectivity index (χ0n) is 25.3. The molecule has 4 rings (SSSR count). The van der Waals surface area contributed by atoms with Gasteiger partial charge in [0.1, 0.15) is 5.75 Å². The van der Waals surface area contributed by atoms with E-state index in [1.54, 1.807) is 38.1 Å². The molecule has 0 aliphatic carbocycles. The van der Waals surface area contributed by atoms with Crippen LogP contribution in [0.1, 0.15) is 80.3 Å². The van der Waals surface area contributed by atoms with Gasteiger partial charge in [0, 0.05) is 17.7 Å². The molecule has 4 aromatic rings. The fraction of sp³-hybridized carbons (Fsp3) is 0.303. The standard InChI is InChI=1S/C33H31F6N3O4/c1-5-6-27(21-7-9-23(10-8-21)31(44)45-4)28(22-11-13-26(14-12-22)46-33(37,38)39)41-30(43)24-15-19(2)29(20(3)16-24)42-18-25(17-40-42)32(34,35)36/h7-18,27-28H,5-6H2,1-4H3,(H,41,43). The number of aryl methyl sites for hydroxylation is 2. The summed E-state index contributed by atoms with van der Waals surface area (Å²) in [5, 5.41) is 6.87. The van der Waals surface area contributed by atoms with Crippen molar-refractivity contribution in [1.29, 1.82) is 0 Å². The Balaban J connectivity index is 1.72. The smallest absolute Gasteiger partial charge is 0.465 e. The summed E-state index contributed by atoms with van der Waals surface area (Å²) in [6, 6.07) is 14.2. The molecular formula is C33H31F6N3O4. The predicted octanol–water partition coefficient (Wildman–Crippen LogP) is 8.25. The Labute approximate surface area is 261 Å². The van der Waals surface area contributed by atoms with Crippen LogP contribution in [0.3, 0.4) is 0 Å². The third-order valence-corrected chi connectivity index (χ3v) is 7.41. The first kappa shape index (κ1) is 34.1. The van der Waals surface area contributed by atoms with Crippen molar-refractivity contribution >= 4 is 11.9 Å². The fourth-order valence-corrected chi connectivity index (χ4v) is 5.38. The highest BCUT2D eigenvalue weighted by Gasteiger charge is 2.33. The number of amides is 1. The Kier molecular flexibility index (Phi) is 10.1. The van der Waals surface area contributed by atoms with E-state index in [-0.39, 0.29) is 11.5 Å². The number of aromatic nitrogens is 2. The normalized spacial score (nSPS) is 13.2. The van der Waals surface area contributed by atoms with E-state index in [9.17, 15) is 35.9 Å². The predicted molar refractivity (Wildman–Crippen MR) is 157 cm³/mol. The first-order valence-electron chi connectivity index (χ1n) is 14.2. The van der Waals surface area contributed by atoms with Crippen molar-refractivity contribution in [3.05, 3.63) is 112 Å². The maximum atomic E-state index is 13.8. The molecule has 2 unspecified atom stereocenters. The lowest BCUT2D eigenvalue weighted by molar-refractivity contribution is -0.274. The third kappa shape index (κ3) is 8.06. The number of nitrogens with zero attached hydrogens (tertiary/aromatic N) is 2. The maximum absolute atomic E-state index is 13.8. The van der Waals surface area contributed by atoms with E-state index in [0.29, 0.717) is 40.8 Å². The van der Waals surface area contributed by atoms with Crippen molar-refractivity contribution in [2.45, 2.75) is 58.1 Å². The highest BCUT2D eigenvalue weighted by Crippen LogP contribution is 2.37. The van der Waals surface area contributed by atoms with Crippen molar-refractivity contribution < 1.29 is 45.4 Å². The molecule has 0 aliphatic rings. The number of esters is 1. The summed E-state index contributed by atoms with van der Waals surface area (Å²) >= 11 is 0. The van der Waals surface area contributed by atoms with Crippen molar-refractivity contribution in [1.82, 2.24) is 15.1 Å². The van der Waals surface area contributed by atoms with E-state index in [2.05, 4.69) is 15.2 Å². The monoisotopic (exact) mass is 647 g/mol. The van der Waals surface area contributed by atoms with Crippen LogP contribution in [0.5, 0.6) is 5.75 Å². The topological polar surface area (TPSA) is 82.5 Å². The lowest BCUT2D eigenvalue weighted by Crippen LogP contribution is -2.33. The van der Waals surface area contributed by atoms with Crippen LogP contribution in [-0.4, -0.2) is 35.1 Å². The van der Waals surface area contributed by atoms with E-state index in [1.807, 2.05) is 6.92 Å². The van der Waals surface area contributed by atoms with Gasteiger partial charge in [-0.2, -0.15) is 18.3 Å². The summed E-state index contributed by atoms with van der Waals surface area (Å²) < 4.78 is 87.9. The number of benzene rings is 3. The van der Waals surface area contributed by atoms with Crippen molar-refractivity contribution in [2.24, 2.45) is 0 Å². The van der Waals surface area contributed by atoms with Crippen molar-refractivity contribution in [2.75, 3.05) is 7.11 Å². The van der Waals surface area contributed by atoms with E-state index in [0.717, 1.165) is 34.8 Å². The van der Waals surface area contributed by atoms with Crippen LogP contribution in [0.4, 0.5) is 26.3 Å². The molecule has 13 heteroatoms. The fourth-order valence-electron chi connectivity index (χ4n) is 5.38. The summed E-state index contributed by atoms with van der Waals surface area (Å²) in [4.78, 5) is 25.8. The zero-order chi connectivity index (χ0) is 33.8. The molecule has 0 saturated carbocycles. The Morgan fingerprint density at radius 1 is 0.891 bits per heavy atom. The number of methoxy groups -OCH3 is 1. The van der Waals surface area contributed by atoms with Gasteiger partial charge in [0.15, 0.2) is 0 Å². The average Bonchev–Trinajstić information content (AvgIpc) is 3.48. The first-order chi connectivity index (χ1) is 21.6. The third-order valence-electron chi connectivity index (χ3n) is 7.41. The van der Waals surface area contributed by atoms with Gasteiger partial charge in [0.2, 0.25) is 0 Å². The highest BCUT2D eigenvalue weighted by atomic mass is 19.4. The van der Waals surface area contributed by atoms with Gasteiger partial charge in [-0.1, -0.05) is 37.6 Å². The number of halogens is 6. The van der Waals surface area contributed by atoms with Crippen LogP contribution < -0.4 is 10.1 Å². The van der Waals surface area contributed by atoms with Crippen LogP contribution in [0.15, 0.2) is 73.1 Å². The molecule has 46 heavy (non-hydrogen) atoms.